The molecule has 0 aromatic heterocycles. The molecule has 0 aliphatic carbocycles. The van der Waals surface area contributed by atoms with Crippen molar-refractivity contribution in [3.8, 4) is 0 Å². The average molecular weight is 114 g/mol. The van der Waals surface area contributed by atoms with E-state index in [-0.39, 0.29) is 5.91 Å². The molecule has 1 atom stereocenters. The third-order valence-electron chi connectivity index (χ3n) is 1.23. The Hall–Kier alpha value is -0.570. The van der Waals surface area contributed by atoms with Crippen molar-refractivity contribution in [2.24, 2.45) is 5.73 Å². The van der Waals surface area contributed by atoms with Gasteiger partial charge in [0.2, 0.25) is 5.91 Å². The van der Waals surface area contributed by atoms with E-state index in [0.717, 1.165) is 13.0 Å². The summed E-state index contributed by atoms with van der Waals surface area (Å²) in [5.74, 6) is -0.196. The van der Waals surface area contributed by atoms with Gasteiger partial charge in [-0.1, -0.05) is 0 Å². The van der Waals surface area contributed by atoms with Crippen LogP contribution < -0.4 is 11.1 Å². The number of nitrogens with two attached hydrogens (primary N) is 1. The van der Waals surface area contributed by atoms with Crippen LogP contribution in [0.3, 0.4) is 0 Å². The number of carbonyl (C=O) groups is 1. The van der Waals surface area contributed by atoms with Crippen LogP contribution in [0.4, 0.5) is 0 Å². The highest BCUT2D eigenvalue weighted by Gasteiger charge is 2.19. The fraction of sp³-hybridized carbons (Fsp3) is 0.800. The summed E-state index contributed by atoms with van der Waals surface area (Å²) in [6.45, 7) is 1.06. The first-order valence-electron chi connectivity index (χ1n) is 2.81. The average Bonchev–Trinajstić information content (AvgIpc) is 2.41. The van der Waals surface area contributed by atoms with Crippen molar-refractivity contribution in [1.82, 2.24) is 5.32 Å². The highest BCUT2D eigenvalue weighted by molar-refractivity contribution is 5.73. The second-order valence-electron chi connectivity index (χ2n) is 2.11. The zero-order valence-electron chi connectivity index (χ0n) is 4.68. The summed E-state index contributed by atoms with van der Waals surface area (Å²) in [6, 6.07) is 0.586. The van der Waals surface area contributed by atoms with Crippen molar-refractivity contribution < 1.29 is 4.79 Å². The van der Waals surface area contributed by atoms with E-state index in [1.54, 1.807) is 0 Å². The summed E-state index contributed by atoms with van der Waals surface area (Å²) >= 11 is 0. The van der Waals surface area contributed by atoms with Crippen molar-refractivity contribution in [1.29, 1.82) is 0 Å². The Morgan fingerprint density at radius 2 is 2.50 bits per heavy atom. The molecule has 0 bridgehead atoms. The van der Waals surface area contributed by atoms with Crippen LogP contribution >= 0.6 is 0 Å². The molecule has 1 rings (SSSR count). The molecule has 8 heavy (non-hydrogen) atoms. The Kier molecular flexibility index (Phi) is 1.48. The summed E-state index contributed by atoms with van der Waals surface area (Å²) in [5, 5.41) is 3.08. The normalized spacial score (nSPS) is 25.2. The molecule has 1 fully saturated rings. The molecule has 3 heteroatoms. The molecule has 1 saturated heterocycles. The minimum Gasteiger partial charge on any atom is -0.370 e. The van der Waals surface area contributed by atoms with Crippen LogP contribution in [0.2, 0.25) is 0 Å². The van der Waals surface area contributed by atoms with Crippen LogP contribution in [0.1, 0.15) is 12.8 Å². The summed E-state index contributed by atoms with van der Waals surface area (Å²) in [4.78, 5) is 10.1. The number of hydrogen-bond acceptors (Lipinski definition) is 2. The van der Waals surface area contributed by atoms with E-state index in [1.807, 2.05) is 0 Å². The first-order chi connectivity index (χ1) is 3.79. The summed E-state index contributed by atoms with van der Waals surface area (Å²) < 4.78 is 0. The maximum atomic E-state index is 10.1. The number of carbonyl (C=O) groups excluding carboxylic acids is 1. The van der Waals surface area contributed by atoms with Gasteiger partial charge in [0, 0.05) is 19.0 Å². The van der Waals surface area contributed by atoms with E-state index >= 15 is 0 Å². The maximum Gasteiger partial charge on any atom is 0.217 e. The number of primary amides is 1. The monoisotopic (exact) mass is 114 g/mol. The Balaban J connectivity index is 1.95. The number of nitrogens with one attached hydrogen (secondary N) is 1. The highest BCUT2D eigenvalue weighted by atomic mass is 16.1. The lowest BCUT2D eigenvalue weighted by atomic mass is 10.2. The molecule has 46 valence electrons. The zero-order chi connectivity index (χ0) is 5.98. The van der Waals surface area contributed by atoms with Gasteiger partial charge in [0.05, 0.1) is 0 Å². The van der Waals surface area contributed by atoms with Gasteiger partial charge in [-0.05, 0) is 6.42 Å². The molecule has 0 spiro atoms. The summed E-state index contributed by atoms with van der Waals surface area (Å²) in [7, 11) is 0. The largest absolute Gasteiger partial charge is 0.370 e. The van der Waals surface area contributed by atoms with Gasteiger partial charge >= 0.3 is 0 Å². The Morgan fingerprint density at radius 1 is 1.88 bits per heavy atom. The van der Waals surface area contributed by atoms with Gasteiger partial charge in [-0.25, -0.2) is 0 Å². The number of amides is 1. The third-order valence-corrected chi connectivity index (χ3v) is 1.23. The fourth-order valence-electron chi connectivity index (χ4n) is 0.604. The van der Waals surface area contributed by atoms with Gasteiger partial charge in [0.25, 0.3) is 0 Å². The molecule has 0 saturated carbocycles. The molecule has 0 aromatic rings. The topological polar surface area (TPSA) is 65.0 Å². The van der Waals surface area contributed by atoms with E-state index in [1.165, 1.54) is 0 Å². The molecule has 0 radical (unpaired) electrons. The van der Waals surface area contributed by atoms with E-state index in [2.05, 4.69) is 5.32 Å². The standard InChI is InChI=1S/C5H10N2O/c6-5(8)2-1-4-3-7-4/h4,7H,1-3H2,(H2,6,8). The van der Waals surface area contributed by atoms with Gasteiger partial charge in [0.15, 0.2) is 0 Å². The molecular weight excluding hydrogens is 104 g/mol. The molecular formula is C5H10N2O. The van der Waals surface area contributed by atoms with Gasteiger partial charge in [-0.15, -0.1) is 0 Å². The SMILES string of the molecule is NC(=O)CCC1CN1. The Labute approximate surface area is 48.2 Å². The predicted molar refractivity (Wildman–Crippen MR) is 30.2 cm³/mol. The van der Waals surface area contributed by atoms with Crippen LogP contribution in [-0.2, 0) is 4.79 Å². The Morgan fingerprint density at radius 3 is 2.88 bits per heavy atom. The molecule has 1 heterocycles. The van der Waals surface area contributed by atoms with Gasteiger partial charge in [-0.2, -0.15) is 0 Å². The van der Waals surface area contributed by atoms with Crippen LogP contribution in [0.25, 0.3) is 0 Å². The number of rotatable bonds is 3. The zero-order valence-corrected chi connectivity index (χ0v) is 4.68. The molecule has 0 aromatic carbocycles. The van der Waals surface area contributed by atoms with Crippen molar-refractivity contribution in [3.05, 3.63) is 0 Å². The van der Waals surface area contributed by atoms with E-state index in [9.17, 15) is 4.79 Å². The predicted octanol–water partition coefficient (Wildman–Crippen LogP) is -0.776. The lowest BCUT2D eigenvalue weighted by molar-refractivity contribution is -0.118. The highest BCUT2D eigenvalue weighted by Crippen LogP contribution is 2.04. The van der Waals surface area contributed by atoms with Crippen molar-refractivity contribution >= 4 is 5.91 Å². The summed E-state index contributed by atoms with van der Waals surface area (Å²) in [6.07, 6.45) is 1.44. The minimum atomic E-state index is -0.196. The van der Waals surface area contributed by atoms with Crippen LogP contribution in [0.5, 0.6) is 0 Å². The molecule has 1 aliphatic rings. The van der Waals surface area contributed by atoms with Crippen molar-refractivity contribution in [2.75, 3.05) is 6.54 Å². The van der Waals surface area contributed by atoms with E-state index < -0.39 is 0 Å². The van der Waals surface area contributed by atoms with Crippen LogP contribution in [-0.4, -0.2) is 18.5 Å². The van der Waals surface area contributed by atoms with Gasteiger partial charge in [0.1, 0.15) is 0 Å². The fourth-order valence-corrected chi connectivity index (χ4v) is 0.604. The first kappa shape index (κ1) is 5.56. The lowest BCUT2D eigenvalue weighted by Crippen LogP contribution is -2.11. The van der Waals surface area contributed by atoms with E-state index in [0.29, 0.717) is 12.5 Å². The maximum absolute atomic E-state index is 10.1. The van der Waals surface area contributed by atoms with Crippen LogP contribution in [0.15, 0.2) is 0 Å². The van der Waals surface area contributed by atoms with Crippen molar-refractivity contribution in [3.63, 3.8) is 0 Å². The van der Waals surface area contributed by atoms with Crippen LogP contribution in [0, 0.1) is 0 Å². The quantitative estimate of drug-likeness (QED) is 0.473. The summed E-state index contributed by atoms with van der Waals surface area (Å²) in [5.41, 5.74) is 4.90. The second kappa shape index (κ2) is 2.13. The molecule has 3 nitrogen and oxygen atoms in total. The number of hydrogen-bond donors (Lipinski definition) is 2. The molecule has 1 amide bonds. The molecule has 3 N–H and O–H groups in total. The van der Waals surface area contributed by atoms with Crippen molar-refractivity contribution in [2.45, 2.75) is 18.9 Å². The Bertz CT molecular complexity index is 98.6. The minimum absolute atomic E-state index is 0.196. The van der Waals surface area contributed by atoms with E-state index in [4.69, 9.17) is 5.73 Å². The second-order valence-corrected chi connectivity index (χ2v) is 2.11. The first-order valence-corrected chi connectivity index (χ1v) is 2.81. The molecule has 1 unspecified atom stereocenters. The van der Waals surface area contributed by atoms with Gasteiger partial charge in [-0.3, -0.25) is 4.79 Å². The smallest absolute Gasteiger partial charge is 0.217 e. The molecule has 1 aliphatic heterocycles. The third kappa shape index (κ3) is 1.93. The van der Waals surface area contributed by atoms with Gasteiger partial charge < -0.3 is 11.1 Å². The lowest BCUT2D eigenvalue weighted by Gasteiger charge is -1.88.